The summed E-state index contributed by atoms with van der Waals surface area (Å²) >= 11 is 0. The van der Waals surface area contributed by atoms with Crippen LogP contribution in [0.5, 0.6) is 5.75 Å². The molecule has 2 aromatic carbocycles. The summed E-state index contributed by atoms with van der Waals surface area (Å²) in [6, 6.07) is 13.8. The fourth-order valence-electron chi connectivity index (χ4n) is 4.74. The summed E-state index contributed by atoms with van der Waals surface area (Å²) in [5.74, 6) is 1.64. The van der Waals surface area contributed by atoms with Gasteiger partial charge < -0.3 is 39.5 Å². The maximum absolute atomic E-state index is 11.8. The Balaban J connectivity index is 1.43. The SMILES string of the molecule is COc1ccc(NC(C)=O)c(N(C)c2ccnc(Nc3cc(N4CCOCC4)cc(N4CCOCC4)c3)n2)c1. The fourth-order valence-corrected chi connectivity index (χ4v) is 4.74. The van der Waals surface area contributed by atoms with Crippen molar-refractivity contribution < 1.29 is 19.0 Å². The molecule has 11 heteroatoms. The summed E-state index contributed by atoms with van der Waals surface area (Å²) in [6.45, 7) is 7.73. The van der Waals surface area contributed by atoms with Gasteiger partial charge in [-0.25, -0.2) is 4.98 Å². The minimum absolute atomic E-state index is 0.156. The lowest BCUT2D eigenvalue weighted by Crippen LogP contribution is -2.38. The molecule has 2 N–H and O–H groups in total. The van der Waals surface area contributed by atoms with E-state index in [1.807, 2.05) is 36.2 Å². The molecule has 2 aliphatic rings. The van der Waals surface area contributed by atoms with Gasteiger partial charge in [0, 0.05) is 69.5 Å². The van der Waals surface area contributed by atoms with Crippen molar-refractivity contribution in [2.24, 2.45) is 0 Å². The van der Waals surface area contributed by atoms with Crippen LogP contribution in [-0.4, -0.2) is 82.6 Å². The van der Waals surface area contributed by atoms with Crippen LogP contribution >= 0.6 is 0 Å². The van der Waals surface area contributed by atoms with Crippen LogP contribution in [0.4, 0.5) is 40.2 Å². The molecule has 0 spiro atoms. The molecule has 1 amide bonds. The largest absolute Gasteiger partial charge is 0.497 e. The number of rotatable bonds is 8. The first-order valence-corrected chi connectivity index (χ1v) is 13.1. The zero-order chi connectivity index (χ0) is 27.2. The van der Waals surface area contributed by atoms with Gasteiger partial charge in [0.2, 0.25) is 11.9 Å². The van der Waals surface area contributed by atoms with Gasteiger partial charge in [0.15, 0.2) is 0 Å². The second kappa shape index (κ2) is 12.2. The van der Waals surface area contributed by atoms with Gasteiger partial charge in [-0.3, -0.25) is 4.79 Å². The van der Waals surface area contributed by atoms with Gasteiger partial charge in [0.1, 0.15) is 11.6 Å². The molecule has 2 saturated heterocycles. The van der Waals surface area contributed by atoms with Gasteiger partial charge in [-0.1, -0.05) is 0 Å². The smallest absolute Gasteiger partial charge is 0.229 e. The number of carbonyl (C=O) groups is 1. The molecule has 0 aliphatic carbocycles. The van der Waals surface area contributed by atoms with Crippen LogP contribution in [0.3, 0.4) is 0 Å². The van der Waals surface area contributed by atoms with Crippen LogP contribution in [-0.2, 0) is 14.3 Å². The molecule has 11 nitrogen and oxygen atoms in total. The highest BCUT2D eigenvalue weighted by Crippen LogP contribution is 2.34. The third kappa shape index (κ3) is 6.50. The zero-order valence-electron chi connectivity index (χ0n) is 22.6. The van der Waals surface area contributed by atoms with E-state index in [4.69, 9.17) is 19.2 Å². The molecule has 0 atom stereocenters. The number of morpholine rings is 2. The van der Waals surface area contributed by atoms with E-state index >= 15 is 0 Å². The van der Waals surface area contributed by atoms with Gasteiger partial charge in [-0.15, -0.1) is 0 Å². The second-order valence-electron chi connectivity index (χ2n) is 9.42. The number of anilines is 7. The van der Waals surface area contributed by atoms with Gasteiger partial charge in [0.25, 0.3) is 0 Å². The Morgan fingerprint density at radius 2 is 1.59 bits per heavy atom. The average Bonchev–Trinajstić information content (AvgIpc) is 2.97. The number of hydrogen-bond acceptors (Lipinski definition) is 10. The molecule has 39 heavy (non-hydrogen) atoms. The number of amides is 1. The molecule has 3 aromatic rings. The lowest BCUT2D eigenvalue weighted by molar-refractivity contribution is -0.114. The van der Waals surface area contributed by atoms with Crippen LogP contribution in [0.25, 0.3) is 0 Å². The zero-order valence-corrected chi connectivity index (χ0v) is 22.6. The molecule has 206 valence electrons. The minimum Gasteiger partial charge on any atom is -0.497 e. The van der Waals surface area contributed by atoms with E-state index in [-0.39, 0.29) is 5.91 Å². The maximum atomic E-state index is 11.8. The maximum Gasteiger partial charge on any atom is 0.229 e. The van der Waals surface area contributed by atoms with Crippen LogP contribution in [0.15, 0.2) is 48.7 Å². The van der Waals surface area contributed by atoms with Crippen LogP contribution in [0, 0.1) is 0 Å². The molecule has 0 unspecified atom stereocenters. The van der Waals surface area contributed by atoms with E-state index in [0.29, 0.717) is 49.6 Å². The molecular formula is C28H35N7O4. The van der Waals surface area contributed by atoms with Crippen molar-refractivity contribution in [3.8, 4) is 5.75 Å². The highest BCUT2D eigenvalue weighted by Gasteiger charge is 2.18. The monoisotopic (exact) mass is 533 g/mol. The minimum atomic E-state index is -0.156. The number of nitrogens with zero attached hydrogens (tertiary/aromatic N) is 5. The van der Waals surface area contributed by atoms with Crippen molar-refractivity contribution in [1.82, 2.24) is 9.97 Å². The van der Waals surface area contributed by atoms with E-state index in [9.17, 15) is 4.79 Å². The predicted octanol–water partition coefficient (Wildman–Crippen LogP) is 3.63. The predicted molar refractivity (Wildman–Crippen MR) is 153 cm³/mol. The fraction of sp³-hybridized carbons (Fsp3) is 0.393. The second-order valence-corrected chi connectivity index (χ2v) is 9.42. The highest BCUT2D eigenvalue weighted by atomic mass is 16.5. The van der Waals surface area contributed by atoms with Crippen molar-refractivity contribution in [3.05, 3.63) is 48.7 Å². The summed E-state index contributed by atoms with van der Waals surface area (Å²) in [6.07, 6.45) is 1.72. The topological polar surface area (TPSA) is 104 Å². The third-order valence-corrected chi connectivity index (χ3v) is 6.77. The standard InChI is InChI=1S/C28H35N7O4/c1-20(36)30-25-5-4-24(37-3)19-26(25)33(2)27-6-7-29-28(32-27)31-21-16-22(34-8-12-38-13-9-34)18-23(17-21)35-10-14-39-15-11-35/h4-7,16-19H,8-15H2,1-3H3,(H,30,36)(H,29,31,32). The van der Waals surface area contributed by atoms with Crippen molar-refractivity contribution in [3.63, 3.8) is 0 Å². The summed E-state index contributed by atoms with van der Waals surface area (Å²) in [7, 11) is 3.50. The highest BCUT2D eigenvalue weighted by molar-refractivity contribution is 5.94. The Labute approximate surface area is 228 Å². The number of methoxy groups -OCH3 is 1. The van der Waals surface area contributed by atoms with E-state index in [1.165, 1.54) is 6.92 Å². The van der Waals surface area contributed by atoms with Gasteiger partial charge in [-0.05, 0) is 36.4 Å². The summed E-state index contributed by atoms with van der Waals surface area (Å²) in [5.41, 5.74) is 4.58. The first kappa shape index (κ1) is 26.5. The molecular weight excluding hydrogens is 498 g/mol. The number of benzene rings is 2. The Morgan fingerprint density at radius 1 is 0.949 bits per heavy atom. The molecule has 0 radical (unpaired) electrons. The van der Waals surface area contributed by atoms with Crippen molar-refractivity contribution in [2.45, 2.75) is 6.92 Å². The molecule has 0 bridgehead atoms. The number of ether oxygens (including phenoxy) is 3. The summed E-state index contributed by atoms with van der Waals surface area (Å²) in [4.78, 5) is 27.7. The van der Waals surface area contributed by atoms with Crippen LogP contribution < -0.4 is 30.1 Å². The first-order chi connectivity index (χ1) is 19.0. The van der Waals surface area contributed by atoms with E-state index in [0.717, 1.165) is 48.9 Å². The molecule has 1 aromatic heterocycles. The Kier molecular flexibility index (Phi) is 8.28. The Hall–Kier alpha value is -4.09. The molecule has 2 fully saturated rings. The normalized spacial score (nSPS) is 15.6. The molecule has 5 rings (SSSR count). The summed E-state index contributed by atoms with van der Waals surface area (Å²) in [5, 5.41) is 6.30. The van der Waals surface area contributed by atoms with Crippen LogP contribution in [0.1, 0.15) is 6.92 Å². The van der Waals surface area contributed by atoms with Crippen molar-refractivity contribution >= 4 is 46.1 Å². The van der Waals surface area contributed by atoms with E-state index in [1.54, 1.807) is 13.3 Å². The lowest BCUT2D eigenvalue weighted by atomic mass is 10.2. The number of nitrogens with one attached hydrogen (secondary N) is 2. The Morgan fingerprint density at radius 3 is 2.18 bits per heavy atom. The molecule has 0 saturated carbocycles. The molecule has 3 heterocycles. The number of aromatic nitrogens is 2. The molecule has 2 aliphatic heterocycles. The van der Waals surface area contributed by atoms with Gasteiger partial charge >= 0.3 is 0 Å². The number of carbonyl (C=O) groups excluding carboxylic acids is 1. The average molecular weight is 534 g/mol. The lowest BCUT2D eigenvalue weighted by Gasteiger charge is -2.33. The quantitative estimate of drug-likeness (QED) is 0.446. The third-order valence-electron chi connectivity index (χ3n) is 6.77. The van der Waals surface area contributed by atoms with Crippen molar-refractivity contribution in [1.29, 1.82) is 0 Å². The van der Waals surface area contributed by atoms with Gasteiger partial charge in [0.05, 0.1) is 44.9 Å². The van der Waals surface area contributed by atoms with Crippen molar-refractivity contribution in [2.75, 3.05) is 92.1 Å². The summed E-state index contributed by atoms with van der Waals surface area (Å²) < 4.78 is 16.6. The number of hydrogen-bond donors (Lipinski definition) is 2. The van der Waals surface area contributed by atoms with Gasteiger partial charge in [-0.2, -0.15) is 4.98 Å². The van der Waals surface area contributed by atoms with Crippen LogP contribution in [0.2, 0.25) is 0 Å². The van der Waals surface area contributed by atoms with E-state index < -0.39 is 0 Å². The Bertz CT molecular complexity index is 1260. The van der Waals surface area contributed by atoms with E-state index in [2.05, 4.69) is 43.6 Å². The first-order valence-electron chi connectivity index (χ1n) is 13.1.